The predicted octanol–water partition coefficient (Wildman–Crippen LogP) is 0.490. The summed E-state index contributed by atoms with van der Waals surface area (Å²) in [6.45, 7) is 2.36. The van der Waals surface area contributed by atoms with Crippen molar-refractivity contribution in [2.24, 2.45) is 5.73 Å². The highest BCUT2D eigenvalue weighted by Crippen LogP contribution is 2.23. The Morgan fingerprint density at radius 2 is 2.26 bits per heavy atom. The van der Waals surface area contributed by atoms with Crippen LogP contribution in [0.3, 0.4) is 0 Å². The summed E-state index contributed by atoms with van der Waals surface area (Å²) in [4.78, 5) is 11.7. The monoisotopic (exact) mass is 268 g/mol. The molecule has 0 heterocycles. The van der Waals surface area contributed by atoms with Crippen LogP contribution in [0.2, 0.25) is 0 Å². The summed E-state index contributed by atoms with van der Waals surface area (Å²) in [5, 5.41) is 11.9. The molecule has 19 heavy (non-hydrogen) atoms. The SMILES string of the molecule is CCOc1ccc(NC(=O)C(N)COC)cc1CO. The molecule has 0 spiro atoms. The molecule has 1 aromatic rings. The van der Waals surface area contributed by atoms with Gasteiger partial charge in [-0.25, -0.2) is 0 Å². The van der Waals surface area contributed by atoms with E-state index in [9.17, 15) is 9.90 Å². The van der Waals surface area contributed by atoms with Gasteiger partial charge in [-0.15, -0.1) is 0 Å². The Bertz CT molecular complexity index is 423. The van der Waals surface area contributed by atoms with Crippen LogP contribution in [-0.4, -0.2) is 37.4 Å². The van der Waals surface area contributed by atoms with E-state index in [2.05, 4.69) is 5.32 Å². The van der Waals surface area contributed by atoms with E-state index in [1.54, 1.807) is 18.2 Å². The van der Waals surface area contributed by atoms with E-state index < -0.39 is 6.04 Å². The van der Waals surface area contributed by atoms with E-state index in [4.69, 9.17) is 15.2 Å². The minimum absolute atomic E-state index is 0.149. The summed E-state index contributed by atoms with van der Waals surface area (Å²) in [6.07, 6.45) is 0. The molecule has 6 nitrogen and oxygen atoms in total. The van der Waals surface area contributed by atoms with Gasteiger partial charge >= 0.3 is 0 Å². The van der Waals surface area contributed by atoms with Crippen LogP contribution in [0.5, 0.6) is 5.75 Å². The van der Waals surface area contributed by atoms with Gasteiger partial charge in [0.2, 0.25) is 5.91 Å². The third kappa shape index (κ3) is 4.51. The van der Waals surface area contributed by atoms with E-state index in [0.29, 0.717) is 23.6 Å². The molecule has 0 aliphatic heterocycles. The van der Waals surface area contributed by atoms with Crippen molar-refractivity contribution >= 4 is 11.6 Å². The number of ether oxygens (including phenoxy) is 2. The molecule has 0 saturated heterocycles. The number of methoxy groups -OCH3 is 1. The number of rotatable bonds is 7. The summed E-state index contributed by atoms with van der Waals surface area (Å²) < 4.78 is 10.2. The number of hydrogen-bond acceptors (Lipinski definition) is 5. The molecule has 0 radical (unpaired) electrons. The molecule has 0 bridgehead atoms. The van der Waals surface area contributed by atoms with Crippen LogP contribution in [0.1, 0.15) is 12.5 Å². The molecule has 0 aromatic heterocycles. The van der Waals surface area contributed by atoms with Crippen molar-refractivity contribution in [1.82, 2.24) is 0 Å². The Morgan fingerprint density at radius 1 is 1.53 bits per heavy atom. The Labute approximate surface area is 112 Å². The maximum atomic E-state index is 11.7. The van der Waals surface area contributed by atoms with Gasteiger partial charge in [-0.05, 0) is 25.1 Å². The predicted molar refractivity (Wildman–Crippen MR) is 72.0 cm³/mol. The fourth-order valence-corrected chi connectivity index (χ4v) is 1.57. The number of benzene rings is 1. The summed E-state index contributed by atoms with van der Waals surface area (Å²) in [6, 6.07) is 4.32. The van der Waals surface area contributed by atoms with E-state index in [1.165, 1.54) is 7.11 Å². The zero-order chi connectivity index (χ0) is 14.3. The van der Waals surface area contributed by atoms with Crippen LogP contribution in [0.4, 0.5) is 5.69 Å². The number of anilines is 1. The first-order valence-corrected chi connectivity index (χ1v) is 6.04. The van der Waals surface area contributed by atoms with Crippen LogP contribution in [0, 0.1) is 0 Å². The molecular formula is C13H20N2O4. The molecule has 1 rings (SSSR count). The number of amides is 1. The largest absolute Gasteiger partial charge is 0.494 e. The first-order chi connectivity index (χ1) is 9.12. The van der Waals surface area contributed by atoms with Gasteiger partial charge < -0.3 is 25.6 Å². The van der Waals surface area contributed by atoms with Gasteiger partial charge in [0.1, 0.15) is 11.8 Å². The lowest BCUT2D eigenvalue weighted by Gasteiger charge is -2.13. The Kier molecular flexibility index (Phi) is 6.27. The molecular weight excluding hydrogens is 248 g/mol. The zero-order valence-corrected chi connectivity index (χ0v) is 11.2. The molecule has 6 heteroatoms. The van der Waals surface area contributed by atoms with Gasteiger partial charge in [0.15, 0.2) is 0 Å². The van der Waals surface area contributed by atoms with Crippen LogP contribution in [0.25, 0.3) is 0 Å². The maximum Gasteiger partial charge on any atom is 0.243 e. The van der Waals surface area contributed by atoms with E-state index >= 15 is 0 Å². The van der Waals surface area contributed by atoms with Crippen molar-refractivity contribution in [3.05, 3.63) is 23.8 Å². The van der Waals surface area contributed by atoms with Crippen LogP contribution >= 0.6 is 0 Å². The van der Waals surface area contributed by atoms with Crippen LogP contribution in [0.15, 0.2) is 18.2 Å². The summed E-state index contributed by atoms with van der Waals surface area (Å²) in [5.74, 6) is 0.263. The van der Waals surface area contributed by atoms with Crippen LogP contribution < -0.4 is 15.8 Å². The van der Waals surface area contributed by atoms with Crippen molar-refractivity contribution in [2.75, 3.05) is 25.6 Å². The molecule has 1 aromatic carbocycles. The smallest absolute Gasteiger partial charge is 0.243 e. The van der Waals surface area contributed by atoms with Crippen molar-refractivity contribution in [3.63, 3.8) is 0 Å². The normalized spacial score (nSPS) is 12.0. The Morgan fingerprint density at radius 3 is 2.84 bits per heavy atom. The highest BCUT2D eigenvalue weighted by Gasteiger charge is 2.14. The first-order valence-electron chi connectivity index (χ1n) is 6.04. The minimum atomic E-state index is -0.728. The fraction of sp³-hybridized carbons (Fsp3) is 0.462. The summed E-state index contributed by atoms with van der Waals surface area (Å²) in [7, 11) is 1.48. The number of nitrogens with two attached hydrogens (primary N) is 1. The second-order valence-electron chi connectivity index (χ2n) is 3.96. The van der Waals surface area contributed by atoms with Gasteiger partial charge in [-0.3, -0.25) is 4.79 Å². The number of carbonyl (C=O) groups is 1. The Balaban J connectivity index is 2.76. The lowest BCUT2D eigenvalue weighted by Crippen LogP contribution is -2.39. The third-order valence-electron chi connectivity index (χ3n) is 2.48. The first kappa shape index (κ1) is 15.4. The molecule has 0 aliphatic carbocycles. The summed E-state index contributed by atoms with van der Waals surface area (Å²) in [5.41, 5.74) is 6.78. The molecule has 0 aliphatic rings. The standard InChI is InChI=1S/C13H20N2O4/c1-3-19-12-5-4-10(6-9(12)7-16)15-13(17)11(14)8-18-2/h4-6,11,16H,3,7-8,14H2,1-2H3,(H,15,17). The van der Waals surface area contributed by atoms with Gasteiger partial charge in [0, 0.05) is 18.4 Å². The van der Waals surface area contributed by atoms with Gasteiger partial charge in [-0.2, -0.15) is 0 Å². The van der Waals surface area contributed by atoms with Crippen molar-refractivity contribution < 1.29 is 19.4 Å². The Hall–Kier alpha value is -1.63. The van der Waals surface area contributed by atoms with Crippen LogP contribution in [-0.2, 0) is 16.1 Å². The van der Waals surface area contributed by atoms with E-state index in [1.807, 2.05) is 6.92 Å². The maximum absolute atomic E-state index is 11.7. The number of hydrogen-bond donors (Lipinski definition) is 3. The quantitative estimate of drug-likeness (QED) is 0.669. The molecule has 1 unspecified atom stereocenters. The fourth-order valence-electron chi connectivity index (χ4n) is 1.57. The lowest BCUT2D eigenvalue weighted by molar-refractivity contribution is -0.118. The molecule has 1 amide bonds. The van der Waals surface area contributed by atoms with Gasteiger partial charge in [0.05, 0.1) is 19.8 Å². The van der Waals surface area contributed by atoms with E-state index in [-0.39, 0.29) is 19.1 Å². The number of nitrogens with one attached hydrogen (secondary N) is 1. The summed E-state index contributed by atoms with van der Waals surface area (Å²) >= 11 is 0. The lowest BCUT2D eigenvalue weighted by atomic mass is 10.1. The van der Waals surface area contributed by atoms with Gasteiger partial charge in [0.25, 0.3) is 0 Å². The number of aliphatic hydroxyl groups is 1. The highest BCUT2D eigenvalue weighted by molar-refractivity contribution is 5.94. The average molecular weight is 268 g/mol. The van der Waals surface area contributed by atoms with Crippen molar-refractivity contribution in [3.8, 4) is 5.75 Å². The second-order valence-corrected chi connectivity index (χ2v) is 3.96. The zero-order valence-electron chi connectivity index (χ0n) is 11.2. The highest BCUT2D eigenvalue weighted by atomic mass is 16.5. The van der Waals surface area contributed by atoms with Crippen molar-refractivity contribution in [2.45, 2.75) is 19.6 Å². The van der Waals surface area contributed by atoms with Gasteiger partial charge in [-0.1, -0.05) is 0 Å². The average Bonchev–Trinajstić information content (AvgIpc) is 2.41. The minimum Gasteiger partial charge on any atom is -0.494 e. The van der Waals surface area contributed by atoms with Crippen molar-refractivity contribution in [1.29, 1.82) is 0 Å². The molecule has 4 N–H and O–H groups in total. The molecule has 106 valence electrons. The molecule has 1 atom stereocenters. The molecule has 0 saturated carbocycles. The number of aliphatic hydroxyl groups excluding tert-OH is 1. The number of carbonyl (C=O) groups excluding carboxylic acids is 1. The third-order valence-corrected chi connectivity index (χ3v) is 2.48. The topological polar surface area (TPSA) is 93.8 Å². The van der Waals surface area contributed by atoms with E-state index in [0.717, 1.165) is 0 Å². The molecule has 0 fully saturated rings. The second kappa shape index (κ2) is 7.73.